The maximum Gasteiger partial charge on any atom is 0.474 e. The van der Waals surface area contributed by atoms with Gasteiger partial charge in [-0.2, -0.15) is 0 Å². The van der Waals surface area contributed by atoms with Gasteiger partial charge in [-0.25, -0.2) is 9.57 Å². The molecule has 1 rings (SSSR count). The van der Waals surface area contributed by atoms with E-state index < -0.39 is 13.6 Å². The second kappa shape index (κ2) is 38.1. The second-order valence-corrected chi connectivity index (χ2v) is 17.3. The summed E-state index contributed by atoms with van der Waals surface area (Å²) in [5.74, 6) is -0.482. The van der Waals surface area contributed by atoms with E-state index in [1.165, 1.54) is 136 Å². The number of phosphoric ester groups is 1. The number of nitrogens with two attached hydrogens (primary N) is 1. The molecule has 0 aromatic carbocycles. The highest BCUT2D eigenvalue weighted by Gasteiger charge is 2.40. The summed E-state index contributed by atoms with van der Waals surface area (Å²) in [6, 6.07) is 0. The number of hydrazine groups is 1. The number of allylic oxidation sites excluding steroid dienone is 8. The van der Waals surface area contributed by atoms with Crippen LogP contribution in [0.5, 0.6) is 0 Å². The van der Waals surface area contributed by atoms with Crippen LogP contribution in [0.15, 0.2) is 48.6 Å². The molecule has 10 heteroatoms. The van der Waals surface area contributed by atoms with E-state index in [-0.39, 0.29) is 25.9 Å². The van der Waals surface area contributed by atoms with Crippen LogP contribution in [0.1, 0.15) is 181 Å². The Morgan fingerprint density at radius 3 is 1.59 bits per heavy atom. The largest absolute Gasteiger partial charge is 0.474 e. The fourth-order valence-electron chi connectivity index (χ4n) is 6.80. The van der Waals surface area contributed by atoms with E-state index >= 15 is 0 Å². The van der Waals surface area contributed by atoms with Crippen molar-refractivity contribution in [3.05, 3.63) is 48.6 Å². The van der Waals surface area contributed by atoms with Crippen molar-refractivity contribution in [3.8, 4) is 0 Å². The number of hydrogen-bond donors (Lipinski definition) is 2. The van der Waals surface area contributed by atoms with Gasteiger partial charge < -0.3 is 15.2 Å². The first kappa shape index (κ1) is 52.9. The van der Waals surface area contributed by atoms with Gasteiger partial charge in [0.2, 0.25) is 0 Å². The number of likely N-dealkylation sites (N-methyl/N-ethyl adjacent to an activating group) is 1. The van der Waals surface area contributed by atoms with Gasteiger partial charge in [-0.15, -0.1) is 0 Å². The van der Waals surface area contributed by atoms with Gasteiger partial charge in [0.15, 0.2) is 5.79 Å². The summed E-state index contributed by atoms with van der Waals surface area (Å²) in [6.45, 7) is 6.79. The molecular formula is C46H88N3O6P. The number of ether oxygens (including phenoxy) is 2. The molecule has 56 heavy (non-hydrogen) atoms. The van der Waals surface area contributed by atoms with Crippen LogP contribution in [0, 0.1) is 0 Å². The molecular weight excluding hydrogens is 721 g/mol. The Morgan fingerprint density at radius 1 is 0.679 bits per heavy atom. The van der Waals surface area contributed by atoms with E-state index in [2.05, 4.69) is 67.9 Å². The predicted molar refractivity (Wildman–Crippen MR) is 238 cm³/mol. The van der Waals surface area contributed by atoms with Crippen LogP contribution in [0.4, 0.5) is 0 Å². The van der Waals surface area contributed by atoms with E-state index in [1.807, 2.05) is 12.1 Å². The quantitative estimate of drug-likeness (QED) is 0.0270. The van der Waals surface area contributed by atoms with Crippen molar-refractivity contribution in [2.75, 3.05) is 53.6 Å². The van der Waals surface area contributed by atoms with Crippen LogP contribution < -0.4 is 11.2 Å². The van der Waals surface area contributed by atoms with Crippen molar-refractivity contribution in [1.29, 1.82) is 0 Å². The molecule has 0 saturated carbocycles. The number of rotatable bonds is 41. The van der Waals surface area contributed by atoms with Crippen molar-refractivity contribution in [2.24, 2.45) is 5.73 Å². The second-order valence-electron chi connectivity index (χ2n) is 15.5. The molecule has 0 aromatic rings. The third-order valence-corrected chi connectivity index (χ3v) is 11.7. The maximum atomic E-state index is 12.5. The van der Waals surface area contributed by atoms with E-state index in [0.717, 1.165) is 38.5 Å². The smallest absolute Gasteiger partial charge is 0.347 e. The van der Waals surface area contributed by atoms with Crippen molar-refractivity contribution < 1.29 is 27.6 Å². The summed E-state index contributed by atoms with van der Waals surface area (Å²) in [4.78, 5) is 0. The number of unbranched alkanes of at least 4 members (excludes halogenated alkanes) is 18. The first-order chi connectivity index (χ1) is 27.4. The lowest BCUT2D eigenvalue weighted by molar-refractivity contribution is -0.179. The molecule has 0 amide bonds. The minimum absolute atomic E-state index is 0.0227. The molecule has 1 fully saturated rings. The SMILES string of the molecule is CCCCC/C=C\C/C=C\CCCCCCCCC1(CCCCCCCC/C=C\C/C=C\CCCCC)OC[C@H](CNN(C)CCOP(=O)(OC)OCCN)O1. The Kier molecular flexibility index (Phi) is 36.0. The van der Waals surface area contributed by atoms with Crippen molar-refractivity contribution >= 4 is 7.82 Å². The van der Waals surface area contributed by atoms with E-state index in [0.29, 0.717) is 19.7 Å². The minimum Gasteiger partial charge on any atom is -0.347 e. The zero-order valence-corrected chi connectivity index (χ0v) is 37.6. The molecule has 1 heterocycles. The molecule has 0 aliphatic carbocycles. The van der Waals surface area contributed by atoms with Gasteiger partial charge in [-0.05, 0) is 77.0 Å². The number of hydrogen-bond acceptors (Lipinski definition) is 9. The molecule has 9 nitrogen and oxygen atoms in total. The maximum absolute atomic E-state index is 12.5. The van der Waals surface area contributed by atoms with E-state index in [4.69, 9.17) is 28.8 Å². The molecule has 2 atom stereocenters. The van der Waals surface area contributed by atoms with E-state index in [1.54, 1.807) is 0 Å². The molecule has 3 N–H and O–H groups in total. The molecule has 0 aromatic heterocycles. The summed E-state index contributed by atoms with van der Waals surface area (Å²) >= 11 is 0. The lowest BCUT2D eigenvalue weighted by Gasteiger charge is -2.29. The van der Waals surface area contributed by atoms with Gasteiger partial charge in [-0.1, -0.05) is 140 Å². The third kappa shape index (κ3) is 30.9. The van der Waals surface area contributed by atoms with Crippen LogP contribution in [0.2, 0.25) is 0 Å². The van der Waals surface area contributed by atoms with Crippen LogP contribution >= 0.6 is 7.82 Å². The Bertz CT molecular complexity index is 990. The zero-order valence-electron chi connectivity index (χ0n) is 36.7. The van der Waals surface area contributed by atoms with Crippen molar-refractivity contribution in [3.63, 3.8) is 0 Å². The van der Waals surface area contributed by atoms with E-state index in [9.17, 15) is 4.57 Å². The average Bonchev–Trinajstić information content (AvgIpc) is 3.61. The highest BCUT2D eigenvalue weighted by atomic mass is 31.2. The van der Waals surface area contributed by atoms with Gasteiger partial charge >= 0.3 is 7.82 Å². The Balaban J connectivity index is 2.39. The number of nitrogens with one attached hydrogen (secondary N) is 1. The summed E-state index contributed by atoms with van der Waals surface area (Å²) in [7, 11) is -0.339. The molecule has 1 saturated heterocycles. The normalized spacial score (nSPS) is 17.2. The molecule has 1 unspecified atom stereocenters. The minimum atomic E-state index is -3.58. The van der Waals surface area contributed by atoms with Gasteiger partial charge in [0, 0.05) is 46.6 Å². The van der Waals surface area contributed by atoms with Crippen LogP contribution in [0.25, 0.3) is 0 Å². The monoisotopic (exact) mass is 810 g/mol. The first-order valence-corrected chi connectivity index (χ1v) is 24.4. The topological polar surface area (TPSA) is 105 Å². The molecule has 0 bridgehead atoms. The van der Waals surface area contributed by atoms with Gasteiger partial charge in [0.25, 0.3) is 0 Å². The van der Waals surface area contributed by atoms with Crippen LogP contribution in [0.3, 0.4) is 0 Å². The lowest BCUT2D eigenvalue weighted by atomic mass is 9.98. The Hall–Kier alpha value is -1.13. The van der Waals surface area contributed by atoms with Gasteiger partial charge in [0.1, 0.15) is 0 Å². The summed E-state index contributed by atoms with van der Waals surface area (Å²) in [5, 5.41) is 1.91. The van der Waals surface area contributed by atoms with Crippen LogP contribution in [-0.2, 0) is 27.6 Å². The Morgan fingerprint density at radius 2 is 1.12 bits per heavy atom. The molecule has 0 spiro atoms. The fraction of sp³-hybridized carbons (Fsp3) is 0.826. The van der Waals surface area contributed by atoms with Crippen molar-refractivity contribution in [2.45, 2.75) is 193 Å². The summed E-state index contributed by atoms with van der Waals surface area (Å²) in [6.07, 6.45) is 50.5. The summed E-state index contributed by atoms with van der Waals surface area (Å²) < 4.78 is 41.2. The molecule has 1 aliphatic heterocycles. The Labute approximate surface area is 345 Å². The average molecular weight is 810 g/mol. The molecule has 1 aliphatic rings. The highest BCUT2D eigenvalue weighted by Crippen LogP contribution is 2.48. The number of phosphoric acid groups is 1. The van der Waals surface area contributed by atoms with Crippen LogP contribution in [-0.4, -0.2) is 70.5 Å². The van der Waals surface area contributed by atoms with Crippen molar-refractivity contribution in [1.82, 2.24) is 10.4 Å². The van der Waals surface area contributed by atoms with Gasteiger partial charge in [-0.3, -0.25) is 19.0 Å². The fourth-order valence-corrected chi connectivity index (χ4v) is 7.72. The van der Waals surface area contributed by atoms with Gasteiger partial charge in [0.05, 0.1) is 25.9 Å². The predicted octanol–water partition coefficient (Wildman–Crippen LogP) is 12.7. The third-order valence-electron chi connectivity index (χ3n) is 10.3. The zero-order chi connectivity index (χ0) is 40.7. The standard InChI is InChI=1S/C46H88N3O6P/c1-5-7-9-11-13-15-17-19-21-23-25-27-29-31-33-35-37-46(38-36-34-32-30-28-26-24-22-20-18-16-14-12-10-8-6-2)52-44-45(55-46)43-48-49(3)40-42-54-56(50,51-4)53-41-39-47/h13-16,19-22,45,48H,5-12,17-18,23-44,47H2,1-4H3/b15-13-,16-14-,21-19-,22-20-/t45-,56?/m0/s1. The molecule has 328 valence electrons. The summed E-state index contributed by atoms with van der Waals surface area (Å²) in [5.41, 5.74) is 8.85. The lowest BCUT2D eigenvalue weighted by Crippen LogP contribution is -2.42. The molecule has 0 radical (unpaired) electrons. The highest BCUT2D eigenvalue weighted by molar-refractivity contribution is 7.48. The number of nitrogens with zero attached hydrogens (tertiary/aromatic N) is 1. The first-order valence-electron chi connectivity index (χ1n) is 22.9.